The number of carbonyl (C=O) groups excluding carboxylic acids is 1. The fourth-order valence-corrected chi connectivity index (χ4v) is 2.33. The van der Waals surface area contributed by atoms with E-state index in [-0.39, 0.29) is 25.0 Å². The fraction of sp³-hybridized carbons (Fsp3) is 0.778. The van der Waals surface area contributed by atoms with Crippen molar-refractivity contribution in [2.45, 2.75) is 18.5 Å². The smallest absolute Gasteiger partial charge is 0.326 e. The van der Waals surface area contributed by atoms with Crippen molar-refractivity contribution in [3.8, 4) is 0 Å². The number of thioether (sulfide) groups is 1. The number of carboxylic acid groups (broad SMARTS) is 1. The number of amides is 1. The summed E-state index contributed by atoms with van der Waals surface area (Å²) in [5.41, 5.74) is 0. The average Bonchev–Trinajstić information content (AvgIpc) is 2.29. The van der Waals surface area contributed by atoms with Gasteiger partial charge in [0.1, 0.15) is 6.04 Å². The minimum atomic E-state index is -1.12. The quantitative estimate of drug-likeness (QED) is 0.480. The molecule has 1 unspecified atom stereocenters. The third-order valence-corrected chi connectivity index (χ3v) is 3.33. The normalized spacial score (nSPS) is 22.4. The molecule has 7 heteroatoms. The Hall–Kier alpha value is -0.790. The van der Waals surface area contributed by atoms with Gasteiger partial charge in [0, 0.05) is 31.1 Å². The van der Waals surface area contributed by atoms with E-state index in [0.717, 1.165) is 12.3 Å². The first kappa shape index (κ1) is 13.3. The Kier molecular flexibility index (Phi) is 5.58. The van der Waals surface area contributed by atoms with E-state index in [2.05, 4.69) is 10.6 Å². The molecule has 0 aromatic heterocycles. The van der Waals surface area contributed by atoms with Crippen molar-refractivity contribution in [2.24, 2.45) is 0 Å². The van der Waals surface area contributed by atoms with Gasteiger partial charge in [-0.25, -0.2) is 4.79 Å². The number of aliphatic carboxylic acids is 1. The van der Waals surface area contributed by atoms with Gasteiger partial charge in [0.2, 0.25) is 5.91 Å². The molecule has 0 aromatic rings. The van der Waals surface area contributed by atoms with E-state index in [1.807, 2.05) is 0 Å². The number of aliphatic hydroxyl groups is 1. The van der Waals surface area contributed by atoms with Gasteiger partial charge in [0.25, 0.3) is 0 Å². The number of carbonyl (C=O) groups is 2. The molecule has 16 heavy (non-hydrogen) atoms. The second-order valence-electron chi connectivity index (χ2n) is 3.49. The Morgan fingerprint density at radius 1 is 1.56 bits per heavy atom. The van der Waals surface area contributed by atoms with E-state index in [1.54, 1.807) is 11.8 Å². The van der Waals surface area contributed by atoms with Gasteiger partial charge in [0.15, 0.2) is 0 Å². The van der Waals surface area contributed by atoms with E-state index in [4.69, 9.17) is 10.2 Å². The summed E-state index contributed by atoms with van der Waals surface area (Å²) < 4.78 is 0. The molecule has 0 aromatic carbocycles. The molecule has 1 aliphatic rings. The predicted molar refractivity (Wildman–Crippen MR) is 60.4 cm³/mol. The summed E-state index contributed by atoms with van der Waals surface area (Å²) in [6, 6.07) is -1.34. The van der Waals surface area contributed by atoms with Gasteiger partial charge < -0.3 is 20.8 Å². The van der Waals surface area contributed by atoms with Crippen LogP contribution in [-0.4, -0.2) is 58.8 Å². The fourth-order valence-electron chi connectivity index (χ4n) is 1.39. The van der Waals surface area contributed by atoms with Crippen molar-refractivity contribution in [2.75, 3.05) is 24.7 Å². The molecule has 1 saturated heterocycles. The summed E-state index contributed by atoms with van der Waals surface area (Å²) in [4.78, 5) is 22.4. The van der Waals surface area contributed by atoms with E-state index >= 15 is 0 Å². The van der Waals surface area contributed by atoms with Crippen molar-refractivity contribution in [3.63, 3.8) is 0 Å². The largest absolute Gasteiger partial charge is 0.480 e. The molecule has 0 aliphatic carbocycles. The summed E-state index contributed by atoms with van der Waals surface area (Å²) in [6.45, 7) is 0.491. The van der Waals surface area contributed by atoms with Crippen LogP contribution in [0.2, 0.25) is 0 Å². The van der Waals surface area contributed by atoms with Crippen molar-refractivity contribution >= 4 is 23.6 Å². The maximum atomic E-state index is 11.7. The highest BCUT2D eigenvalue weighted by atomic mass is 32.2. The minimum absolute atomic E-state index is 0.0287. The van der Waals surface area contributed by atoms with Crippen molar-refractivity contribution in [1.29, 1.82) is 0 Å². The second kappa shape index (κ2) is 6.72. The van der Waals surface area contributed by atoms with E-state index in [0.29, 0.717) is 5.75 Å². The van der Waals surface area contributed by atoms with Crippen LogP contribution >= 0.6 is 11.8 Å². The Labute approximate surface area is 97.8 Å². The minimum Gasteiger partial charge on any atom is -0.480 e. The summed E-state index contributed by atoms with van der Waals surface area (Å²) in [7, 11) is 0. The first-order valence-electron chi connectivity index (χ1n) is 5.10. The van der Waals surface area contributed by atoms with E-state index in [9.17, 15) is 9.59 Å². The lowest BCUT2D eigenvalue weighted by molar-refractivity contribution is -0.142. The Morgan fingerprint density at radius 2 is 2.31 bits per heavy atom. The van der Waals surface area contributed by atoms with Crippen molar-refractivity contribution < 1.29 is 19.8 Å². The Bertz CT molecular complexity index is 256. The van der Waals surface area contributed by atoms with E-state index < -0.39 is 12.0 Å². The zero-order valence-corrected chi connectivity index (χ0v) is 9.63. The van der Waals surface area contributed by atoms with E-state index in [1.165, 1.54) is 0 Å². The lowest BCUT2D eigenvalue weighted by Crippen LogP contribution is -2.53. The monoisotopic (exact) mass is 248 g/mol. The topological polar surface area (TPSA) is 98.7 Å². The second-order valence-corrected chi connectivity index (χ2v) is 4.64. The molecular weight excluding hydrogens is 232 g/mol. The number of rotatable bonds is 5. The molecule has 1 aliphatic heterocycles. The molecule has 0 spiro atoms. The Balaban J connectivity index is 2.43. The first-order chi connectivity index (χ1) is 7.65. The van der Waals surface area contributed by atoms with Crippen LogP contribution in [0.15, 0.2) is 0 Å². The van der Waals surface area contributed by atoms with Gasteiger partial charge in [-0.1, -0.05) is 0 Å². The van der Waals surface area contributed by atoms with Gasteiger partial charge >= 0.3 is 5.97 Å². The van der Waals surface area contributed by atoms with Crippen molar-refractivity contribution in [1.82, 2.24) is 10.6 Å². The molecule has 2 atom stereocenters. The molecule has 0 bridgehead atoms. The van der Waals surface area contributed by atoms with Crippen molar-refractivity contribution in [3.05, 3.63) is 0 Å². The average molecular weight is 248 g/mol. The Morgan fingerprint density at radius 3 is 2.81 bits per heavy atom. The molecular formula is C9H16N2O4S. The van der Waals surface area contributed by atoms with Gasteiger partial charge in [-0.15, -0.1) is 0 Å². The molecule has 1 rings (SSSR count). The van der Waals surface area contributed by atoms with Crippen LogP contribution in [0.25, 0.3) is 0 Å². The van der Waals surface area contributed by atoms with Crippen LogP contribution in [0.5, 0.6) is 0 Å². The number of hydrogen-bond donors (Lipinski definition) is 4. The molecule has 6 nitrogen and oxygen atoms in total. The molecule has 1 heterocycles. The highest BCUT2D eigenvalue weighted by molar-refractivity contribution is 7.99. The molecule has 92 valence electrons. The maximum Gasteiger partial charge on any atom is 0.326 e. The summed E-state index contributed by atoms with van der Waals surface area (Å²) in [6.07, 6.45) is 0.0287. The third kappa shape index (κ3) is 3.99. The summed E-state index contributed by atoms with van der Waals surface area (Å²) >= 11 is 1.66. The first-order valence-corrected chi connectivity index (χ1v) is 6.25. The van der Waals surface area contributed by atoms with Crippen LogP contribution in [-0.2, 0) is 9.59 Å². The summed E-state index contributed by atoms with van der Waals surface area (Å²) in [5, 5.41) is 22.9. The van der Waals surface area contributed by atoms with Crippen LogP contribution in [0, 0.1) is 0 Å². The van der Waals surface area contributed by atoms with Gasteiger partial charge in [0.05, 0.1) is 6.04 Å². The zero-order valence-electron chi connectivity index (χ0n) is 8.81. The molecule has 0 saturated carbocycles. The molecule has 4 N–H and O–H groups in total. The number of carboxylic acids is 1. The molecule has 0 radical (unpaired) electrons. The number of hydrogen-bond acceptors (Lipinski definition) is 5. The van der Waals surface area contributed by atoms with Gasteiger partial charge in [-0.05, 0) is 0 Å². The van der Waals surface area contributed by atoms with Crippen LogP contribution in [0.3, 0.4) is 0 Å². The lowest BCUT2D eigenvalue weighted by atomic mass is 10.2. The van der Waals surface area contributed by atoms with Gasteiger partial charge in [-0.3, -0.25) is 4.79 Å². The van der Waals surface area contributed by atoms with Crippen LogP contribution in [0.1, 0.15) is 6.42 Å². The van der Waals surface area contributed by atoms with Crippen LogP contribution in [0.4, 0.5) is 0 Å². The predicted octanol–water partition coefficient (Wildman–Crippen LogP) is -1.36. The maximum absolute atomic E-state index is 11.7. The lowest BCUT2D eigenvalue weighted by Gasteiger charge is -2.24. The van der Waals surface area contributed by atoms with Gasteiger partial charge in [-0.2, -0.15) is 11.8 Å². The highest BCUT2D eigenvalue weighted by Crippen LogP contribution is 2.08. The third-order valence-electron chi connectivity index (χ3n) is 2.27. The molecule has 1 amide bonds. The number of nitrogens with one attached hydrogen (secondary N) is 2. The van der Waals surface area contributed by atoms with Crippen LogP contribution < -0.4 is 10.6 Å². The molecule has 1 fully saturated rings. The zero-order chi connectivity index (χ0) is 12.0. The SMILES string of the molecule is O=C(N[C@H](CCO)C(=O)O)C1CSCCN1. The number of aliphatic hydroxyl groups excluding tert-OH is 1. The summed E-state index contributed by atoms with van der Waals surface area (Å²) in [5.74, 6) is 0.180. The highest BCUT2D eigenvalue weighted by Gasteiger charge is 2.25. The standard InChI is InChI=1S/C9H16N2O4S/c12-3-1-6(9(14)15)11-8(13)7-5-16-4-2-10-7/h6-7,10,12H,1-5H2,(H,11,13)(H,14,15)/t6-,7?/m1/s1.